The van der Waals surface area contributed by atoms with Crippen molar-refractivity contribution in [1.29, 1.82) is 0 Å². The van der Waals surface area contributed by atoms with Crippen LogP contribution < -0.4 is 5.73 Å². The molecule has 1 aromatic rings. The molecule has 0 saturated carbocycles. The summed E-state index contributed by atoms with van der Waals surface area (Å²) >= 11 is 0. The molecule has 0 aliphatic heterocycles. The molecule has 0 atom stereocenters. The standard InChI is InChI=1S/C9H16N4/c1-2-3-9(10)12-5-4-8-6-11-7-13-8/h6-7H,2-5H2,1H3,(H2,10,12)(H,11,13). The number of imidazole rings is 1. The molecule has 0 fully saturated rings. The van der Waals surface area contributed by atoms with Crippen LogP contribution in [0, 0.1) is 0 Å². The SMILES string of the molecule is CCCC(N)=NCCc1cnc[nH]1. The van der Waals surface area contributed by atoms with Gasteiger partial charge in [0, 0.05) is 31.3 Å². The minimum absolute atomic E-state index is 0.744. The molecular weight excluding hydrogens is 164 g/mol. The smallest absolute Gasteiger partial charge is 0.0937 e. The summed E-state index contributed by atoms with van der Waals surface area (Å²) in [5, 5.41) is 0. The molecule has 0 amide bonds. The highest BCUT2D eigenvalue weighted by Gasteiger charge is 1.93. The molecule has 13 heavy (non-hydrogen) atoms. The molecule has 1 heterocycles. The number of H-pyrrole nitrogens is 1. The number of hydrogen-bond acceptors (Lipinski definition) is 2. The first-order valence-corrected chi connectivity index (χ1v) is 4.59. The topological polar surface area (TPSA) is 67.1 Å². The first kappa shape index (κ1) is 9.77. The third kappa shape index (κ3) is 3.73. The highest BCUT2D eigenvalue weighted by Crippen LogP contribution is 1.93. The highest BCUT2D eigenvalue weighted by atomic mass is 14.9. The Kier molecular flexibility index (Phi) is 4.02. The van der Waals surface area contributed by atoms with Gasteiger partial charge >= 0.3 is 0 Å². The monoisotopic (exact) mass is 180 g/mol. The number of aromatic nitrogens is 2. The molecular formula is C9H16N4. The predicted octanol–water partition coefficient (Wildman–Crippen LogP) is 1.11. The second kappa shape index (κ2) is 5.35. The van der Waals surface area contributed by atoms with Gasteiger partial charge in [-0.2, -0.15) is 0 Å². The molecule has 0 saturated heterocycles. The minimum Gasteiger partial charge on any atom is -0.387 e. The maximum atomic E-state index is 5.65. The van der Waals surface area contributed by atoms with Crippen LogP contribution in [0.2, 0.25) is 0 Å². The average molecular weight is 180 g/mol. The van der Waals surface area contributed by atoms with Crippen molar-refractivity contribution >= 4 is 5.84 Å². The molecule has 0 bridgehead atoms. The van der Waals surface area contributed by atoms with Crippen LogP contribution >= 0.6 is 0 Å². The number of rotatable bonds is 5. The van der Waals surface area contributed by atoms with Crippen LogP contribution in [-0.4, -0.2) is 22.3 Å². The Morgan fingerprint density at radius 2 is 2.54 bits per heavy atom. The molecule has 1 aromatic heterocycles. The predicted molar refractivity (Wildman–Crippen MR) is 53.7 cm³/mol. The van der Waals surface area contributed by atoms with Gasteiger partial charge in [-0.3, -0.25) is 4.99 Å². The molecule has 0 aliphatic carbocycles. The summed E-state index contributed by atoms with van der Waals surface area (Å²) < 4.78 is 0. The van der Waals surface area contributed by atoms with Crippen LogP contribution in [0.1, 0.15) is 25.5 Å². The van der Waals surface area contributed by atoms with E-state index >= 15 is 0 Å². The molecule has 4 nitrogen and oxygen atoms in total. The Morgan fingerprint density at radius 1 is 1.69 bits per heavy atom. The van der Waals surface area contributed by atoms with Gasteiger partial charge in [0.15, 0.2) is 0 Å². The summed E-state index contributed by atoms with van der Waals surface area (Å²) in [4.78, 5) is 11.2. The van der Waals surface area contributed by atoms with E-state index in [4.69, 9.17) is 5.73 Å². The summed E-state index contributed by atoms with van der Waals surface area (Å²) in [6.07, 6.45) is 6.31. The summed E-state index contributed by atoms with van der Waals surface area (Å²) in [5.74, 6) is 0.752. The van der Waals surface area contributed by atoms with Crippen LogP contribution in [0.15, 0.2) is 17.5 Å². The Balaban J connectivity index is 2.24. The summed E-state index contributed by atoms with van der Waals surface area (Å²) in [6.45, 7) is 2.84. The van der Waals surface area contributed by atoms with Crippen LogP contribution in [0.3, 0.4) is 0 Å². The fraction of sp³-hybridized carbons (Fsp3) is 0.556. The van der Waals surface area contributed by atoms with Crippen molar-refractivity contribution < 1.29 is 0 Å². The van der Waals surface area contributed by atoms with E-state index in [-0.39, 0.29) is 0 Å². The van der Waals surface area contributed by atoms with Gasteiger partial charge in [0.05, 0.1) is 12.2 Å². The van der Waals surface area contributed by atoms with Crippen molar-refractivity contribution in [1.82, 2.24) is 9.97 Å². The van der Waals surface area contributed by atoms with Crippen molar-refractivity contribution in [3.8, 4) is 0 Å². The lowest BCUT2D eigenvalue weighted by atomic mass is 10.3. The molecule has 0 aromatic carbocycles. The Hall–Kier alpha value is -1.32. The van der Waals surface area contributed by atoms with Crippen molar-refractivity contribution in [3.05, 3.63) is 18.2 Å². The molecule has 3 N–H and O–H groups in total. The first-order valence-electron chi connectivity index (χ1n) is 4.59. The van der Waals surface area contributed by atoms with Crippen molar-refractivity contribution in [2.75, 3.05) is 6.54 Å². The molecule has 0 radical (unpaired) electrons. The molecule has 0 spiro atoms. The third-order valence-electron chi connectivity index (χ3n) is 1.76. The van der Waals surface area contributed by atoms with Gasteiger partial charge in [-0.25, -0.2) is 4.98 Å². The van der Waals surface area contributed by atoms with Gasteiger partial charge in [-0.05, 0) is 6.42 Å². The summed E-state index contributed by atoms with van der Waals surface area (Å²) in [5.41, 5.74) is 6.75. The average Bonchev–Trinajstić information content (AvgIpc) is 2.57. The fourth-order valence-electron chi connectivity index (χ4n) is 1.08. The van der Waals surface area contributed by atoms with E-state index in [2.05, 4.69) is 21.9 Å². The third-order valence-corrected chi connectivity index (χ3v) is 1.76. The van der Waals surface area contributed by atoms with E-state index in [9.17, 15) is 0 Å². The Morgan fingerprint density at radius 3 is 3.15 bits per heavy atom. The van der Waals surface area contributed by atoms with E-state index in [1.54, 1.807) is 6.33 Å². The largest absolute Gasteiger partial charge is 0.387 e. The maximum Gasteiger partial charge on any atom is 0.0937 e. The van der Waals surface area contributed by atoms with Gasteiger partial charge in [0.25, 0.3) is 0 Å². The lowest BCUT2D eigenvalue weighted by Gasteiger charge is -1.97. The lowest BCUT2D eigenvalue weighted by Crippen LogP contribution is -2.12. The molecule has 0 aliphatic rings. The maximum absolute atomic E-state index is 5.65. The van der Waals surface area contributed by atoms with Crippen molar-refractivity contribution in [3.63, 3.8) is 0 Å². The van der Waals surface area contributed by atoms with Gasteiger partial charge in [-0.1, -0.05) is 6.92 Å². The molecule has 0 unspecified atom stereocenters. The van der Waals surface area contributed by atoms with E-state index < -0.39 is 0 Å². The number of nitrogens with one attached hydrogen (secondary N) is 1. The van der Waals surface area contributed by atoms with Crippen molar-refractivity contribution in [2.45, 2.75) is 26.2 Å². The second-order valence-electron chi connectivity index (χ2n) is 2.95. The van der Waals surface area contributed by atoms with Gasteiger partial charge in [-0.15, -0.1) is 0 Å². The minimum atomic E-state index is 0.744. The van der Waals surface area contributed by atoms with Gasteiger partial charge in [0.1, 0.15) is 0 Å². The quantitative estimate of drug-likeness (QED) is 0.526. The summed E-state index contributed by atoms with van der Waals surface area (Å²) in [7, 11) is 0. The van der Waals surface area contributed by atoms with E-state index in [1.807, 2.05) is 6.20 Å². The molecule has 72 valence electrons. The fourth-order valence-corrected chi connectivity index (χ4v) is 1.08. The molecule has 1 rings (SSSR count). The zero-order chi connectivity index (χ0) is 9.52. The number of hydrogen-bond donors (Lipinski definition) is 2. The summed E-state index contributed by atoms with van der Waals surface area (Å²) in [6, 6.07) is 0. The van der Waals surface area contributed by atoms with Crippen LogP contribution in [0.4, 0.5) is 0 Å². The Labute approximate surface area is 78.3 Å². The van der Waals surface area contributed by atoms with Crippen molar-refractivity contribution in [2.24, 2.45) is 10.7 Å². The lowest BCUT2D eigenvalue weighted by molar-refractivity contribution is 0.908. The number of aromatic amines is 1. The van der Waals surface area contributed by atoms with E-state index in [0.29, 0.717) is 0 Å². The Bertz CT molecular complexity index is 251. The van der Waals surface area contributed by atoms with Crippen LogP contribution in [0.5, 0.6) is 0 Å². The molecule has 4 heteroatoms. The van der Waals surface area contributed by atoms with Crippen LogP contribution in [-0.2, 0) is 6.42 Å². The zero-order valence-corrected chi connectivity index (χ0v) is 7.95. The highest BCUT2D eigenvalue weighted by molar-refractivity contribution is 5.80. The number of amidine groups is 1. The van der Waals surface area contributed by atoms with Gasteiger partial charge < -0.3 is 10.7 Å². The number of nitrogens with zero attached hydrogens (tertiary/aromatic N) is 2. The van der Waals surface area contributed by atoms with E-state index in [0.717, 1.165) is 37.3 Å². The van der Waals surface area contributed by atoms with Gasteiger partial charge in [0.2, 0.25) is 0 Å². The van der Waals surface area contributed by atoms with Crippen LogP contribution in [0.25, 0.3) is 0 Å². The second-order valence-corrected chi connectivity index (χ2v) is 2.95. The normalized spacial score (nSPS) is 11.9. The first-order chi connectivity index (χ1) is 6.33. The number of aliphatic imine (C=N–C) groups is 1. The van der Waals surface area contributed by atoms with E-state index in [1.165, 1.54) is 0 Å². The number of nitrogens with two attached hydrogens (primary N) is 1. The zero-order valence-electron chi connectivity index (χ0n) is 7.95.